The fraction of sp³-hybridized carbons (Fsp3) is 0.391. The van der Waals surface area contributed by atoms with Crippen LogP contribution in [-0.4, -0.2) is 61.0 Å². The molecule has 0 aliphatic carbocycles. The molecule has 0 spiro atoms. The molecular weight excluding hydrogens is 438 g/mol. The molecule has 3 aromatic heterocycles. The van der Waals surface area contributed by atoms with Crippen LogP contribution in [0.1, 0.15) is 28.8 Å². The molecule has 0 radical (unpaired) electrons. The Hall–Kier alpha value is -3.24. The molecule has 1 fully saturated rings. The molecule has 1 aliphatic heterocycles. The molecule has 1 aliphatic rings. The molecule has 33 heavy (non-hydrogen) atoms. The number of hydrogen-bond acceptors (Lipinski definition) is 6. The highest BCUT2D eigenvalue weighted by Crippen LogP contribution is 2.26. The fourth-order valence-corrected chi connectivity index (χ4v) is 4.77. The topological polar surface area (TPSA) is 81.6 Å². The van der Waals surface area contributed by atoms with Crippen LogP contribution < -0.4 is 10.1 Å². The third-order valence-electron chi connectivity index (χ3n) is 6.30. The zero-order valence-corrected chi connectivity index (χ0v) is 19.8. The van der Waals surface area contributed by atoms with E-state index in [4.69, 9.17) is 22.1 Å². The highest BCUT2D eigenvalue weighted by molar-refractivity contribution is 7.71. The Morgan fingerprint density at radius 2 is 2.06 bits per heavy atom. The number of fused-ring (bicyclic) bond motifs is 3. The number of benzene rings is 1. The molecular formula is C23H27N7O2S. The molecule has 1 aromatic carbocycles. The predicted octanol–water partition coefficient (Wildman–Crippen LogP) is 2.92. The first kappa shape index (κ1) is 21.6. The van der Waals surface area contributed by atoms with E-state index >= 15 is 0 Å². The Bertz CT molecular complexity index is 1400. The van der Waals surface area contributed by atoms with Gasteiger partial charge in [-0.2, -0.15) is 10.2 Å². The third-order valence-corrected chi connectivity index (χ3v) is 6.70. The molecule has 0 atom stereocenters. The van der Waals surface area contributed by atoms with Crippen molar-refractivity contribution in [3.05, 3.63) is 52.6 Å². The van der Waals surface area contributed by atoms with Crippen molar-refractivity contribution in [2.24, 2.45) is 7.05 Å². The van der Waals surface area contributed by atoms with E-state index in [0.29, 0.717) is 17.0 Å². The summed E-state index contributed by atoms with van der Waals surface area (Å²) in [5.41, 5.74) is 3.57. The number of nitrogens with one attached hydrogen (secondary N) is 1. The molecule has 0 saturated carbocycles. The number of rotatable bonds is 5. The van der Waals surface area contributed by atoms with Gasteiger partial charge in [-0.3, -0.25) is 18.8 Å². The lowest BCUT2D eigenvalue weighted by Gasteiger charge is -2.31. The molecule has 1 saturated heterocycles. The summed E-state index contributed by atoms with van der Waals surface area (Å²) in [7, 11) is 3.47. The molecule has 0 unspecified atom stereocenters. The van der Waals surface area contributed by atoms with Crippen LogP contribution in [0.4, 0.5) is 0 Å². The third kappa shape index (κ3) is 4.11. The summed E-state index contributed by atoms with van der Waals surface area (Å²) in [6, 6.07) is 8.26. The summed E-state index contributed by atoms with van der Waals surface area (Å²) >= 11 is 5.81. The van der Waals surface area contributed by atoms with Crippen LogP contribution in [0.15, 0.2) is 36.7 Å². The molecule has 5 rings (SSSR count). The summed E-state index contributed by atoms with van der Waals surface area (Å²) in [6.45, 7) is 4.43. The maximum atomic E-state index is 12.4. The van der Waals surface area contributed by atoms with Gasteiger partial charge in [0.2, 0.25) is 4.77 Å². The summed E-state index contributed by atoms with van der Waals surface area (Å²) < 4.78 is 11.6. The first-order chi connectivity index (χ1) is 15.9. The number of methoxy groups -OCH3 is 1. The van der Waals surface area contributed by atoms with E-state index in [-0.39, 0.29) is 11.9 Å². The fourth-order valence-electron chi connectivity index (χ4n) is 4.48. The number of likely N-dealkylation sites (tertiary alicyclic amines) is 1. The van der Waals surface area contributed by atoms with Crippen molar-refractivity contribution in [2.45, 2.75) is 32.5 Å². The Balaban J connectivity index is 1.31. The Labute approximate surface area is 196 Å². The smallest absolute Gasteiger partial charge is 0.254 e. The quantitative estimate of drug-likeness (QED) is 0.457. The van der Waals surface area contributed by atoms with Gasteiger partial charge in [-0.25, -0.2) is 4.68 Å². The minimum absolute atomic E-state index is 0.0678. The van der Waals surface area contributed by atoms with Crippen molar-refractivity contribution in [2.75, 3.05) is 20.2 Å². The highest BCUT2D eigenvalue weighted by Gasteiger charge is 2.22. The molecule has 1 amide bonds. The molecule has 4 aromatic rings. The minimum atomic E-state index is -0.0678. The van der Waals surface area contributed by atoms with Crippen molar-refractivity contribution < 1.29 is 9.53 Å². The number of ether oxygens (including phenoxy) is 1. The number of nitrogens with zero attached hydrogens (tertiary/aromatic N) is 6. The molecule has 10 heteroatoms. The Morgan fingerprint density at radius 3 is 2.76 bits per heavy atom. The van der Waals surface area contributed by atoms with Crippen molar-refractivity contribution >= 4 is 34.7 Å². The summed E-state index contributed by atoms with van der Waals surface area (Å²) in [5.74, 6) is 0.723. The van der Waals surface area contributed by atoms with E-state index < -0.39 is 0 Å². The summed E-state index contributed by atoms with van der Waals surface area (Å²) in [5, 5.41) is 13.1. The first-order valence-corrected chi connectivity index (χ1v) is 11.4. The number of aryl methyl sites for hydroxylation is 2. The SMILES string of the molecule is COc1ccc2c(C)cc3nn(CN4CCC(NC(=O)c5cnn(C)c5)CC4)c(=S)n3c2c1. The number of hydrogen-bond donors (Lipinski definition) is 1. The van der Waals surface area contributed by atoms with E-state index in [1.807, 2.05) is 21.2 Å². The number of carbonyl (C=O) groups is 1. The molecule has 4 heterocycles. The van der Waals surface area contributed by atoms with Crippen molar-refractivity contribution in [1.29, 1.82) is 0 Å². The lowest BCUT2D eigenvalue weighted by atomic mass is 10.1. The normalized spacial score (nSPS) is 15.4. The van der Waals surface area contributed by atoms with E-state index in [1.165, 1.54) is 0 Å². The maximum absolute atomic E-state index is 12.4. The van der Waals surface area contributed by atoms with Crippen LogP contribution in [0.3, 0.4) is 0 Å². The van der Waals surface area contributed by atoms with Crippen LogP contribution in [0.5, 0.6) is 5.75 Å². The van der Waals surface area contributed by atoms with Gasteiger partial charge in [0.15, 0.2) is 5.65 Å². The van der Waals surface area contributed by atoms with E-state index in [1.54, 1.807) is 31.2 Å². The van der Waals surface area contributed by atoms with E-state index in [2.05, 4.69) is 34.4 Å². The van der Waals surface area contributed by atoms with Gasteiger partial charge >= 0.3 is 0 Å². The van der Waals surface area contributed by atoms with Crippen molar-refractivity contribution in [1.82, 2.24) is 34.2 Å². The van der Waals surface area contributed by atoms with Crippen molar-refractivity contribution in [3.63, 3.8) is 0 Å². The monoisotopic (exact) mass is 465 g/mol. The van der Waals surface area contributed by atoms with Gasteiger partial charge in [0.05, 0.1) is 31.1 Å². The molecule has 172 valence electrons. The molecule has 1 N–H and O–H groups in total. The van der Waals surface area contributed by atoms with Gasteiger partial charge < -0.3 is 10.1 Å². The van der Waals surface area contributed by atoms with E-state index in [9.17, 15) is 4.79 Å². The van der Waals surface area contributed by atoms with E-state index in [0.717, 1.165) is 53.8 Å². The highest BCUT2D eigenvalue weighted by atomic mass is 32.1. The van der Waals surface area contributed by atoms with Crippen LogP contribution in [0.2, 0.25) is 0 Å². The minimum Gasteiger partial charge on any atom is -0.497 e. The van der Waals surface area contributed by atoms with Gasteiger partial charge in [0, 0.05) is 43.8 Å². The summed E-state index contributed by atoms with van der Waals surface area (Å²) in [6.07, 6.45) is 5.09. The average molecular weight is 466 g/mol. The number of aromatic nitrogens is 5. The van der Waals surface area contributed by atoms with Gasteiger partial charge in [-0.05, 0) is 55.7 Å². The zero-order chi connectivity index (χ0) is 23.1. The lowest BCUT2D eigenvalue weighted by Crippen LogP contribution is -2.45. The van der Waals surface area contributed by atoms with Gasteiger partial charge in [0.1, 0.15) is 5.75 Å². The largest absolute Gasteiger partial charge is 0.497 e. The van der Waals surface area contributed by atoms with Crippen LogP contribution in [0.25, 0.3) is 16.6 Å². The standard InChI is InChI=1S/C23H27N7O2S/c1-15-10-21-26-29(23(33)30(21)20-11-18(32-3)4-5-19(15)20)14-28-8-6-17(7-9-28)25-22(31)16-12-24-27(2)13-16/h4-5,10-13,17H,6-9,14H2,1-3H3,(H,25,31). The lowest BCUT2D eigenvalue weighted by molar-refractivity contribution is 0.0896. The van der Waals surface area contributed by atoms with Crippen molar-refractivity contribution in [3.8, 4) is 5.75 Å². The zero-order valence-electron chi connectivity index (χ0n) is 19.0. The second-order valence-corrected chi connectivity index (χ2v) is 8.96. The molecule has 0 bridgehead atoms. The number of amides is 1. The Kier molecular flexibility index (Phi) is 5.63. The number of carbonyl (C=O) groups excluding carboxylic acids is 1. The predicted molar refractivity (Wildman–Crippen MR) is 128 cm³/mol. The van der Waals surface area contributed by atoms with Gasteiger partial charge in [-0.1, -0.05) is 0 Å². The van der Waals surface area contributed by atoms with Gasteiger partial charge in [0.25, 0.3) is 5.91 Å². The molecule has 9 nitrogen and oxygen atoms in total. The first-order valence-electron chi connectivity index (χ1n) is 11.0. The summed E-state index contributed by atoms with van der Waals surface area (Å²) in [4.78, 5) is 14.7. The van der Waals surface area contributed by atoms with Crippen LogP contribution in [0, 0.1) is 11.7 Å². The van der Waals surface area contributed by atoms with Crippen LogP contribution in [-0.2, 0) is 13.7 Å². The maximum Gasteiger partial charge on any atom is 0.254 e. The second-order valence-electron chi connectivity index (χ2n) is 8.60. The number of pyridine rings is 1. The van der Waals surface area contributed by atoms with Crippen LogP contribution >= 0.6 is 12.2 Å². The Morgan fingerprint density at radius 1 is 1.27 bits per heavy atom. The van der Waals surface area contributed by atoms with Gasteiger partial charge in [-0.15, -0.1) is 0 Å². The number of piperidine rings is 1. The average Bonchev–Trinajstić information content (AvgIpc) is 3.38. The second kappa shape index (κ2) is 8.60.